The van der Waals surface area contributed by atoms with Crippen LogP contribution in [0.5, 0.6) is 0 Å². The Kier molecular flexibility index (Phi) is 6.15. The minimum Gasteiger partial charge on any atom is -0.331 e. The van der Waals surface area contributed by atoms with Crippen molar-refractivity contribution in [1.29, 1.82) is 0 Å². The van der Waals surface area contributed by atoms with Gasteiger partial charge < -0.3 is 4.90 Å². The van der Waals surface area contributed by atoms with Crippen LogP contribution in [0.25, 0.3) is 0 Å². The summed E-state index contributed by atoms with van der Waals surface area (Å²) < 4.78 is 1.04. The van der Waals surface area contributed by atoms with Crippen LogP contribution >= 0.6 is 22.6 Å². The number of hydrogen-bond donors (Lipinski definition) is 0. The minimum absolute atomic E-state index is 0.0116. The van der Waals surface area contributed by atoms with E-state index in [4.69, 9.17) is 0 Å². The number of benzene rings is 2. The third-order valence-corrected chi connectivity index (χ3v) is 6.20. The molecule has 0 aromatic heterocycles. The fourth-order valence-electron chi connectivity index (χ4n) is 3.90. The Labute approximate surface area is 164 Å². The van der Waals surface area contributed by atoms with Crippen molar-refractivity contribution in [2.45, 2.75) is 26.3 Å². The number of hydrogen-bond acceptors (Lipinski definition) is 1. The lowest BCUT2D eigenvalue weighted by molar-refractivity contribution is -0.133. The number of nitrogens with zero attached hydrogens (tertiary/aromatic N) is 1. The molecular weight excluding hydrogens is 421 g/mol. The van der Waals surface area contributed by atoms with E-state index in [9.17, 15) is 4.79 Å². The van der Waals surface area contributed by atoms with Gasteiger partial charge in [-0.1, -0.05) is 97.1 Å². The third kappa shape index (κ3) is 4.08. The molecule has 25 heavy (non-hydrogen) atoms. The maximum absolute atomic E-state index is 13.3. The van der Waals surface area contributed by atoms with Crippen molar-refractivity contribution in [1.82, 2.24) is 4.90 Å². The van der Waals surface area contributed by atoms with E-state index >= 15 is 0 Å². The molecule has 1 heterocycles. The number of likely N-dealkylation sites (tertiary alicyclic amines) is 1. The van der Waals surface area contributed by atoms with Gasteiger partial charge in [-0.15, -0.1) is 0 Å². The van der Waals surface area contributed by atoms with Crippen LogP contribution in [0.3, 0.4) is 0 Å². The first-order chi connectivity index (χ1) is 12.1. The van der Waals surface area contributed by atoms with Crippen LogP contribution in [0.15, 0.2) is 60.7 Å². The summed E-state index contributed by atoms with van der Waals surface area (Å²) in [5.74, 6) is 1.48. The largest absolute Gasteiger partial charge is 0.331 e. The highest BCUT2D eigenvalue weighted by Crippen LogP contribution is 2.39. The van der Waals surface area contributed by atoms with Crippen LogP contribution in [0.1, 0.15) is 37.4 Å². The van der Waals surface area contributed by atoms with E-state index in [1.165, 1.54) is 11.1 Å². The van der Waals surface area contributed by atoms with Crippen LogP contribution in [0, 0.1) is 17.8 Å². The molecule has 1 amide bonds. The lowest BCUT2D eigenvalue weighted by Gasteiger charge is -2.29. The van der Waals surface area contributed by atoms with Gasteiger partial charge in [0.05, 0.1) is 6.04 Å². The van der Waals surface area contributed by atoms with Crippen molar-refractivity contribution in [2.75, 3.05) is 11.0 Å². The molecule has 0 N–H and O–H groups in total. The normalized spacial score (nSPS) is 20.7. The summed E-state index contributed by atoms with van der Waals surface area (Å²) in [7, 11) is 0. The molecule has 3 heteroatoms. The molecule has 0 saturated carbocycles. The van der Waals surface area contributed by atoms with E-state index < -0.39 is 0 Å². The highest BCUT2D eigenvalue weighted by Gasteiger charge is 2.43. The molecule has 1 aliphatic rings. The van der Waals surface area contributed by atoms with Gasteiger partial charge in [-0.3, -0.25) is 4.79 Å². The molecule has 2 atom stereocenters. The van der Waals surface area contributed by atoms with Gasteiger partial charge in [0.15, 0.2) is 0 Å². The van der Waals surface area contributed by atoms with Gasteiger partial charge >= 0.3 is 0 Å². The molecule has 3 rings (SSSR count). The molecule has 0 spiro atoms. The molecule has 132 valence electrons. The first-order valence-corrected chi connectivity index (χ1v) is 10.6. The van der Waals surface area contributed by atoms with Crippen LogP contribution in [0.2, 0.25) is 0 Å². The Balaban J connectivity index is 1.98. The molecule has 2 unspecified atom stereocenters. The molecule has 1 fully saturated rings. The molecule has 0 radical (unpaired) electrons. The zero-order valence-corrected chi connectivity index (χ0v) is 17.1. The quantitative estimate of drug-likeness (QED) is 0.433. The Bertz CT molecular complexity index is 646. The zero-order chi connectivity index (χ0) is 17.8. The first kappa shape index (κ1) is 18.4. The summed E-state index contributed by atoms with van der Waals surface area (Å²) in [6.07, 6.45) is 0.985. The fourth-order valence-corrected chi connectivity index (χ4v) is 4.79. The second kappa shape index (κ2) is 8.35. The molecule has 1 saturated heterocycles. The van der Waals surface area contributed by atoms with E-state index in [1.807, 2.05) is 12.1 Å². The van der Waals surface area contributed by atoms with Gasteiger partial charge in [0.2, 0.25) is 5.91 Å². The predicted octanol–water partition coefficient (Wildman–Crippen LogP) is 5.33. The van der Waals surface area contributed by atoms with Crippen LogP contribution in [-0.4, -0.2) is 21.8 Å². The van der Waals surface area contributed by atoms with E-state index in [-0.39, 0.29) is 12.0 Å². The summed E-state index contributed by atoms with van der Waals surface area (Å²) in [6, 6.07) is 20.9. The van der Waals surface area contributed by atoms with Gasteiger partial charge in [0.1, 0.15) is 0 Å². The second-order valence-electron chi connectivity index (χ2n) is 7.36. The average Bonchev–Trinajstić information content (AvgIpc) is 2.93. The fraction of sp³-hybridized carbons (Fsp3) is 0.409. The molecule has 1 aliphatic heterocycles. The van der Waals surface area contributed by atoms with Crippen molar-refractivity contribution >= 4 is 28.5 Å². The molecule has 2 nitrogen and oxygen atoms in total. The Morgan fingerprint density at radius 3 is 1.96 bits per heavy atom. The summed E-state index contributed by atoms with van der Waals surface area (Å²) in [5, 5.41) is 0. The second-order valence-corrected chi connectivity index (χ2v) is 8.25. The number of halogens is 1. The maximum atomic E-state index is 13.3. The third-order valence-electron chi connectivity index (χ3n) is 5.07. The smallest absolute Gasteiger partial charge is 0.226 e. The van der Waals surface area contributed by atoms with Crippen molar-refractivity contribution in [3.63, 3.8) is 0 Å². The average molecular weight is 447 g/mol. The monoisotopic (exact) mass is 447 g/mol. The van der Waals surface area contributed by atoms with Crippen molar-refractivity contribution < 1.29 is 4.79 Å². The van der Waals surface area contributed by atoms with Gasteiger partial charge in [-0.2, -0.15) is 0 Å². The first-order valence-electron chi connectivity index (χ1n) is 9.08. The van der Waals surface area contributed by atoms with Crippen LogP contribution in [0.4, 0.5) is 0 Å². The zero-order valence-electron chi connectivity index (χ0n) is 14.9. The molecule has 2 aromatic carbocycles. The lowest BCUT2D eigenvalue weighted by Crippen LogP contribution is -2.32. The van der Waals surface area contributed by atoms with E-state index in [0.717, 1.165) is 17.4 Å². The Morgan fingerprint density at radius 1 is 1.00 bits per heavy atom. The van der Waals surface area contributed by atoms with E-state index in [2.05, 4.69) is 89.9 Å². The highest BCUT2D eigenvalue weighted by molar-refractivity contribution is 14.1. The van der Waals surface area contributed by atoms with Gasteiger partial charge in [0, 0.05) is 16.9 Å². The number of carbonyl (C=O) groups excluding carboxylic acids is 1. The molecule has 0 aliphatic carbocycles. The van der Waals surface area contributed by atoms with E-state index in [0.29, 0.717) is 17.7 Å². The van der Waals surface area contributed by atoms with Crippen molar-refractivity contribution in [2.24, 2.45) is 17.8 Å². The van der Waals surface area contributed by atoms with Gasteiger partial charge in [-0.05, 0) is 29.4 Å². The SMILES string of the molecule is CC(C)CC1C(=O)N(C(c2ccccc2)c2ccccc2)CC1CI. The minimum atomic E-state index is 0.0116. The van der Waals surface area contributed by atoms with E-state index in [1.54, 1.807) is 0 Å². The van der Waals surface area contributed by atoms with Gasteiger partial charge in [0.25, 0.3) is 0 Å². The summed E-state index contributed by atoms with van der Waals surface area (Å²) >= 11 is 2.45. The molecule has 0 bridgehead atoms. The Hall–Kier alpha value is -1.36. The van der Waals surface area contributed by atoms with Crippen molar-refractivity contribution in [3.05, 3.63) is 71.8 Å². The van der Waals surface area contributed by atoms with Crippen molar-refractivity contribution in [3.8, 4) is 0 Å². The molecule has 2 aromatic rings. The molecular formula is C22H26INO. The highest BCUT2D eigenvalue weighted by atomic mass is 127. The summed E-state index contributed by atoms with van der Waals surface area (Å²) in [6.45, 7) is 5.28. The number of amides is 1. The standard InChI is InChI=1S/C22H26INO/c1-16(2)13-20-19(14-23)15-24(22(20)25)21(17-9-5-3-6-10-17)18-11-7-4-8-12-18/h3-12,16,19-21H,13-15H2,1-2H3. The van der Waals surface area contributed by atoms with Crippen LogP contribution in [-0.2, 0) is 4.79 Å². The lowest BCUT2D eigenvalue weighted by atomic mass is 9.89. The number of alkyl halides is 1. The topological polar surface area (TPSA) is 20.3 Å². The summed E-state index contributed by atoms with van der Waals surface area (Å²) in [4.78, 5) is 15.4. The summed E-state index contributed by atoms with van der Waals surface area (Å²) in [5.41, 5.74) is 2.39. The Morgan fingerprint density at radius 2 is 1.52 bits per heavy atom. The van der Waals surface area contributed by atoms with Crippen LogP contribution < -0.4 is 0 Å². The predicted molar refractivity (Wildman–Crippen MR) is 112 cm³/mol. The van der Waals surface area contributed by atoms with Gasteiger partial charge in [-0.25, -0.2) is 0 Å². The number of carbonyl (C=O) groups is 1. The maximum Gasteiger partial charge on any atom is 0.226 e. The number of rotatable bonds is 6.